The molecule has 1 aromatic rings. The summed E-state index contributed by atoms with van der Waals surface area (Å²) in [6.07, 6.45) is 0. The zero-order valence-electron chi connectivity index (χ0n) is 8.76. The summed E-state index contributed by atoms with van der Waals surface area (Å²) in [7, 11) is 2.04. The molecule has 15 heavy (non-hydrogen) atoms. The summed E-state index contributed by atoms with van der Waals surface area (Å²) in [5.41, 5.74) is 6.63. The van der Waals surface area contributed by atoms with E-state index in [2.05, 4.69) is 22.0 Å². The Morgan fingerprint density at radius 1 is 1.47 bits per heavy atom. The number of anilines is 1. The van der Waals surface area contributed by atoms with Gasteiger partial charge in [0.05, 0.1) is 0 Å². The van der Waals surface area contributed by atoms with Gasteiger partial charge in [-0.1, -0.05) is 18.2 Å². The van der Waals surface area contributed by atoms with Crippen LogP contribution >= 0.6 is 0 Å². The van der Waals surface area contributed by atoms with Crippen molar-refractivity contribution >= 4 is 11.7 Å². The lowest BCUT2D eigenvalue weighted by Crippen LogP contribution is -2.28. The smallest absolute Gasteiger partial charge is 0.282 e. The van der Waals surface area contributed by atoms with Gasteiger partial charge in [0.15, 0.2) is 0 Å². The molecule has 0 saturated heterocycles. The average Bonchev–Trinajstić information content (AvgIpc) is 2.65. The van der Waals surface area contributed by atoms with Crippen LogP contribution in [0.5, 0.6) is 0 Å². The molecule has 0 radical (unpaired) electrons. The van der Waals surface area contributed by atoms with Gasteiger partial charge in [0, 0.05) is 19.3 Å². The van der Waals surface area contributed by atoms with Crippen molar-refractivity contribution < 1.29 is 4.74 Å². The highest BCUT2D eigenvalue weighted by atomic mass is 16.5. The monoisotopic (exact) mass is 205 g/mol. The summed E-state index contributed by atoms with van der Waals surface area (Å²) in [5, 5.41) is 0. The van der Waals surface area contributed by atoms with Crippen LogP contribution in [-0.4, -0.2) is 32.3 Å². The van der Waals surface area contributed by atoms with Gasteiger partial charge in [0.1, 0.15) is 12.6 Å². The van der Waals surface area contributed by atoms with Gasteiger partial charge in [0.2, 0.25) is 0 Å². The minimum atomic E-state index is 0.148. The van der Waals surface area contributed by atoms with Crippen LogP contribution in [0.4, 0.5) is 5.69 Å². The Morgan fingerprint density at radius 3 is 2.80 bits per heavy atom. The van der Waals surface area contributed by atoms with Crippen LogP contribution < -0.4 is 10.6 Å². The number of ether oxygens (including phenoxy) is 1. The van der Waals surface area contributed by atoms with Crippen LogP contribution in [0.15, 0.2) is 35.3 Å². The molecular weight excluding hydrogens is 190 g/mol. The molecule has 0 bridgehead atoms. The zero-order chi connectivity index (χ0) is 10.7. The largest absolute Gasteiger partial charge is 0.463 e. The van der Waals surface area contributed by atoms with Crippen molar-refractivity contribution in [2.45, 2.75) is 6.04 Å². The van der Waals surface area contributed by atoms with Crippen LogP contribution in [0.3, 0.4) is 0 Å². The fourth-order valence-electron chi connectivity index (χ4n) is 1.63. The van der Waals surface area contributed by atoms with E-state index in [-0.39, 0.29) is 6.04 Å². The summed E-state index contributed by atoms with van der Waals surface area (Å²) >= 11 is 0. The molecule has 0 fully saturated rings. The van der Waals surface area contributed by atoms with Gasteiger partial charge in [-0.15, -0.1) is 0 Å². The summed E-state index contributed by atoms with van der Waals surface area (Å²) in [4.78, 5) is 6.33. The summed E-state index contributed by atoms with van der Waals surface area (Å²) in [6, 6.07) is 10.7. The number of nitrogens with zero attached hydrogens (tertiary/aromatic N) is 2. The van der Waals surface area contributed by atoms with Crippen LogP contribution in [-0.2, 0) is 4.74 Å². The molecule has 1 aromatic carbocycles. The maximum atomic E-state index is 5.45. The van der Waals surface area contributed by atoms with Gasteiger partial charge in [-0.3, -0.25) is 0 Å². The second kappa shape index (κ2) is 4.21. The van der Waals surface area contributed by atoms with Crippen LogP contribution in [0, 0.1) is 0 Å². The maximum absolute atomic E-state index is 5.45. The van der Waals surface area contributed by atoms with Crippen molar-refractivity contribution in [3.8, 4) is 0 Å². The number of nitrogens with two attached hydrogens (primary N) is 1. The lowest BCUT2D eigenvalue weighted by Gasteiger charge is -2.20. The van der Waals surface area contributed by atoms with E-state index in [1.807, 2.05) is 25.2 Å². The van der Waals surface area contributed by atoms with E-state index in [1.165, 1.54) is 5.69 Å². The van der Waals surface area contributed by atoms with Crippen LogP contribution in [0.2, 0.25) is 0 Å². The highest BCUT2D eigenvalue weighted by Gasteiger charge is 2.18. The lowest BCUT2D eigenvalue weighted by atomic mass is 10.2. The summed E-state index contributed by atoms with van der Waals surface area (Å²) in [5.74, 6) is 0. The van der Waals surface area contributed by atoms with Crippen molar-refractivity contribution in [2.75, 3.05) is 25.1 Å². The molecule has 80 valence electrons. The Kier molecular flexibility index (Phi) is 2.76. The fraction of sp³-hybridized carbons (Fsp3) is 0.364. The first-order valence-corrected chi connectivity index (χ1v) is 4.98. The molecule has 4 nitrogen and oxygen atoms in total. The predicted molar refractivity (Wildman–Crippen MR) is 61.1 cm³/mol. The highest BCUT2D eigenvalue weighted by Crippen LogP contribution is 2.13. The topological polar surface area (TPSA) is 50.9 Å². The molecule has 0 spiro atoms. The van der Waals surface area contributed by atoms with E-state index in [0.717, 1.165) is 6.54 Å². The Balaban J connectivity index is 1.96. The van der Waals surface area contributed by atoms with E-state index in [4.69, 9.17) is 10.5 Å². The van der Waals surface area contributed by atoms with Crippen LogP contribution in [0.1, 0.15) is 0 Å². The number of amidine groups is 1. The third-order valence-electron chi connectivity index (χ3n) is 2.41. The molecule has 0 amide bonds. The molecule has 2 rings (SSSR count). The molecule has 1 atom stereocenters. The molecule has 1 aliphatic heterocycles. The van der Waals surface area contributed by atoms with Gasteiger partial charge in [0.25, 0.3) is 6.02 Å². The SMILES string of the molecule is CN(C[C@@H]1COC(N)=N1)c1ccccc1. The normalized spacial score (nSPS) is 19.5. The third kappa shape index (κ3) is 2.40. The molecule has 0 aromatic heterocycles. The molecule has 4 heteroatoms. The third-order valence-corrected chi connectivity index (χ3v) is 2.41. The highest BCUT2D eigenvalue weighted by molar-refractivity contribution is 5.73. The second-order valence-electron chi connectivity index (χ2n) is 3.65. The fourth-order valence-corrected chi connectivity index (χ4v) is 1.63. The first-order chi connectivity index (χ1) is 7.25. The Hall–Kier alpha value is -1.71. The van der Waals surface area contributed by atoms with E-state index < -0.39 is 0 Å². The van der Waals surface area contributed by atoms with E-state index in [9.17, 15) is 0 Å². The molecule has 0 aliphatic carbocycles. The number of benzene rings is 1. The molecule has 1 heterocycles. The first-order valence-electron chi connectivity index (χ1n) is 4.98. The van der Waals surface area contributed by atoms with Crippen molar-refractivity contribution in [3.63, 3.8) is 0 Å². The number of likely N-dealkylation sites (N-methyl/N-ethyl adjacent to an activating group) is 1. The average molecular weight is 205 g/mol. The van der Waals surface area contributed by atoms with Gasteiger partial charge < -0.3 is 15.4 Å². The molecule has 0 saturated carbocycles. The Labute approximate surface area is 89.4 Å². The Bertz CT molecular complexity index is 350. The molecular formula is C11H15N3O. The Morgan fingerprint density at radius 2 is 2.20 bits per heavy atom. The quantitative estimate of drug-likeness (QED) is 0.795. The lowest BCUT2D eigenvalue weighted by molar-refractivity contribution is 0.314. The molecule has 0 unspecified atom stereocenters. The predicted octanol–water partition coefficient (Wildman–Crippen LogP) is 0.836. The number of rotatable bonds is 3. The summed E-state index contributed by atoms with van der Waals surface area (Å²) in [6.45, 7) is 1.41. The number of hydrogen-bond donors (Lipinski definition) is 1. The van der Waals surface area contributed by atoms with Crippen molar-refractivity contribution in [1.29, 1.82) is 0 Å². The van der Waals surface area contributed by atoms with Gasteiger partial charge in [-0.25, -0.2) is 4.99 Å². The minimum Gasteiger partial charge on any atom is -0.463 e. The minimum absolute atomic E-state index is 0.148. The second-order valence-corrected chi connectivity index (χ2v) is 3.65. The first kappa shape index (κ1) is 9.83. The maximum Gasteiger partial charge on any atom is 0.282 e. The zero-order valence-corrected chi connectivity index (χ0v) is 8.76. The molecule has 2 N–H and O–H groups in total. The van der Waals surface area contributed by atoms with Gasteiger partial charge in [-0.2, -0.15) is 0 Å². The van der Waals surface area contributed by atoms with Crippen molar-refractivity contribution in [3.05, 3.63) is 30.3 Å². The summed E-state index contributed by atoms with van der Waals surface area (Å²) < 4.78 is 5.10. The number of aliphatic imine (C=N–C) groups is 1. The molecule has 1 aliphatic rings. The van der Waals surface area contributed by atoms with Gasteiger partial charge >= 0.3 is 0 Å². The van der Waals surface area contributed by atoms with Crippen LogP contribution in [0.25, 0.3) is 0 Å². The van der Waals surface area contributed by atoms with E-state index in [0.29, 0.717) is 12.6 Å². The van der Waals surface area contributed by atoms with Crippen molar-refractivity contribution in [1.82, 2.24) is 0 Å². The number of hydrogen-bond acceptors (Lipinski definition) is 4. The van der Waals surface area contributed by atoms with Crippen molar-refractivity contribution in [2.24, 2.45) is 10.7 Å². The van der Waals surface area contributed by atoms with E-state index >= 15 is 0 Å². The number of para-hydroxylation sites is 1. The standard InChI is InChI=1S/C11H15N3O/c1-14(10-5-3-2-4-6-10)7-9-8-15-11(12)13-9/h2-6,9H,7-8H2,1H3,(H2,12,13)/t9-/m1/s1. The van der Waals surface area contributed by atoms with Gasteiger partial charge in [-0.05, 0) is 12.1 Å². The van der Waals surface area contributed by atoms with E-state index in [1.54, 1.807) is 0 Å².